The third-order valence-corrected chi connectivity index (χ3v) is 3.40. The Morgan fingerprint density at radius 2 is 2.06 bits per heavy atom. The number of rotatable bonds is 2. The number of hydrogen-bond acceptors (Lipinski definition) is 3. The van der Waals surface area contributed by atoms with E-state index in [9.17, 15) is 4.79 Å². The van der Waals surface area contributed by atoms with Crippen LogP contribution >= 0.6 is 0 Å². The lowest BCUT2D eigenvalue weighted by Gasteiger charge is -2.43. The van der Waals surface area contributed by atoms with Crippen LogP contribution in [0.3, 0.4) is 0 Å². The van der Waals surface area contributed by atoms with Gasteiger partial charge >= 0.3 is 6.09 Å². The van der Waals surface area contributed by atoms with E-state index in [0.29, 0.717) is 0 Å². The molecule has 4 nitrogen and oxygen atoms in total. The van der Waals surface area contributed by atoms with Crippen molar-refractivity contribution >= 4 is 6.09 Å². The summed E-state index contributed by atoms with van der Waals surface area (Å²) in [4.78, 5) is 13.9. The first-order valence-electron chi connectivity index (χ1n) is 6.65. The Labute approximate surface area is 111 Å². The topological polar surface area (TPSA) is 38.8 Å². The molecule has 0 aromatic carbocycles. The molecule has 0 radical (unpaired) electrons. The molecule has 1 rings (SSSR count). The van der Waals surface area contributed by atoms with Gasteiger partial charge in [0.05, 0.1) is 6.61 Å². The van der Waals surface area contributed by atoms with Crippen molar-refractivity contribution < 1.29 is 14.3 Å². The number of ether oxygens (including phenoxy) is 2. The lowest BCUT2D eigenvalue weighted by Crippen LogP contribution is -2.50. The van der Waals surface area contributed by atoms with E-state index >= 15 is 0 Å². The molecule has 2 unspecified atom stereocenters. The fraction of sp³-hybridized carbons (Fsp3) is 0.929. The van der Waals surface area contributed by atoms with E-state index in [1.54, 1.807) is 7.11 Å². The maximum Gasteiger partial charge on any atom is 0.410 e. The van der Waals surface area contributed by atoms with Crippen LogP contribution in [0.25, 0.3) is 0 Å². The van der Waals surface area contributed by atoms with Gasteiger partial charge in [0, 0.05) is 19.7 Å². The van der Waals surface area contributed by atoms with Gasteiger partial charge in [0.2, 0.25) is 0 Å². The van der Waals surface area contributed by atoms with E-state index in [0.717, 1.165) is 26.0 Å². The summed E-state index contributed by atoms with van der Waals surface area (Å²) in [5.74, 6) is 0. The average Bonchev–Trinajstić information content (AvgIpc) is 2.13. The Bertz CT molecular complexity index is 298. The van der Waals surface area contributed by atoms with Crippen molar-refractivity contribution in [3.05, 3.63) is 0 Å². The molecule has 2 atom stereocenters. The highest BCUT2D eigenvalue weighted by molar-refractivity contribution is 5.68. The predicted octanol–water partition coefficient (Wildman–Crippen LogP) is 3.06. The summed E-state index contributed by atoms with van der Waals surface area (Å²) in [6.07, 6.45) is 1.72. The summed E-state index contributed by atoms with van der Waals surface area (Å²) in [6, 6.07) is 0.203. The number of methoxy groups -OCH3 is 1. The molecule has 1 amide bonds. The lowest BCUT2D eigenvalue weighted by molar-refractivity contribution is -0.0186. The molecule has 0 aliphatic carbocycles. The van der Waals surface area contributed by atoms with Gasteiger partial charge in [-0.25, -0.2) is 4.79 Å². The Hall–Kier alpha value is -0.770. The smallest absolute Gasteiger partial charge is 0.410 e. The van der Waals surface area contributed by atoms with Crippen LogP contribution in [0.15, 0.2) is 0 Å². The van der Waals surface area contributed by atoms with Crippen molar-refractivity contribution in [3.8, 4) is 0 Å². The number of carbonyl (C=O) groups excluding carboxylic acids is 1. The minimum absolute atomic E-state index is 0.173. The van der Waals surface area contributed by atoms with Crippen molar-refractivity contribution in [1.82, 2.24) is 4.90 Å². The van der Waals surface area contributed by atoms with Crippen LogP contribution in [0.2, 0.25) is 0 Å². The highest BCUT2D eigenvalue weighted by atomic mass is 16.6. The fourth-order valence-corrected chi connectivity index (χ4v) is 2.61. The number of amides is 1. The number of nitrogens with zero attached hydrogens (tertiary/aromatic N) is 1. The summed E-state index contributed by atoms with van der Waals surface area (Å²) in [5.41, 5.74) is -0.253. The number of carbonyl (C=O) groups is 1. The molecule has 1 fully saturated rings. The molecule has 0 aromatic rings. The Morgan fingerprint density at radius 3 is 2.50 bits per heavy atom. The summed E-state index contributed by atoms with van der Waals surface area (Å²) in [7, 11) is 1.73. The van der Waals surface area contributed by atoms with E-state index in [1.165, 1.54) is 0 Å². The second kappa shape index (κ2) is 5.47. The van der Waals surface area contributed by atoms with E-state index in [4.69, 9.17) is 9.47 Å². The maximum absolute atomic E-state index is 12.1. The third-order valence-electron chi connectivity index (χ3n) is 3.40. The van der Waals surface area contributed by atoms with Crippen LogP contribution in [0.5, 0.6) is 0 Å². The van der Waals surface area contributed by atoms with Gasteiger partial charge in [-0.1, -0.05) is 6.92 Å². The quantitative estimate of drug-likeness (QED) is 0.763. The van der Waals surface area contributed by atoms with E-state index in [-0.39, 0.29) is 17.6 Å². The van der Waals surface area contributed by atoms with Gasteiger partial charge < -0.3 is 14.4 Å². The second-order valence-corrected chi connectivity index (χ2v) is 6.72. The summed E-state index contributed by atoms with van der Waals surface area (Å²) in [5, 5.41) is 0. The summed E-state index contributed by atoms with van der Waals surface area (Å²) < 4.78 is 10.7. The Morgan fingerprint density at radius 1 is 1.44 bits per heavy atom. The van der Waals surface area contributed by atoms with Crippen LogP contribution in [0.4, 0.5) is 4.79 Å². The molecule has 0 spiro atoms. The van der Waals surface area contributed by atoms with Gasteiger partial charge in [-0.3, -0.25) is 0 Å². The minimum Gasteiger partial charge on any atom is -0.444 e. The number of likely N-dealkylation sites (tertiary alicyclic amines) is 1. The Kier molecular flexibility index (Phi) is 4.65. The molecule has 0 N–H and O–H groups in total. The molecule has 0 aromatic heterocycles. The largest absolute Gasteiger partial charge is 0.444 e. The highest BCUT2D eigenvalue weighted by Gasteiger charge is 2.37. The fourth-order valence-electron chi connectivity index (χ4n) is 2.61. The zero-order valence-electron chi connectivity index (χ0n) is 12.6. The van der Waals surface area contributed by atoms with Crippen LogP contribution < -0.4 is 0 Å². The van der Waals surface area contributed by atoms with E-state index in [1.807, 2.05) is 25.7 Å². The van der Waals surface area contributed by atoms with Crippen molar-refractivity contribution in [3.63, 3.8) is 0 Å². The van der Waals surface area contributed by atoms with Gasteiger partial charge in [-0.2, -0.15) is 0 Å². The summed E-state index contributed by atoms with van der Waals surface area (Å²) in [6.45, 7) is 11.5. The number of hydrogen-bond donors (Lipinski definition) is 0. The van der Waals surface area contributed by atoms with Crippen molar-refractivity contribution in [2.45, 2.75) is 59.1 Å². The predicted molar refractivity (Wildman–Crippen MR) is 71.6 cm³/mol. The molecule has 1 aliphatic rings. The molecule has 0 saturated carbocycles. The van der Waals surface area contributed by atoms with Crippen molar-refractivity contribution in [2.24, 2.45) is 5.41 Å². The normalized spacial score (nSPS) is 29.2. The molecule has 4 heteroatoms. The molecule has 106 valence electrons. The van der Waals surface area contributed by atoms with Gasteiger partial charge in [-0.15, -0.1) is 0 Å². The number of piperidine rings is 1. The van der Waals surface area contributed by atoms with Crippen molar-refractivity contribution in [2.75, 3.05) is 20.3 Å². The van der Waals surface area contributed by atoms with Gasteiger partial charge in [0.15, 0.2) is 0 Å². The third kappa shape index (κ3) is 4.16. The van der Waals surface area contributed by atoms with Gasteiger partial charge in [0.25, 0.3) is 0 Å². The van der Waals surface area contributed by atoms with E-state index in [2.05, 4.69) is 13.8 Å². The monoisotopic (exact) mass is 257 g/mol. The standard InChI is InChI=1S/C14H27NO3/c1-11-9-14(5,10-17-6)7-8-15(11)12(16)18-13(2,3)4/h11H,7-10H2,1-6H3. The van der Waals surface area contributed by atoms with Gasteiger partial charge in [0.1, 0.15) is 5.60 Å². The highest BCUT2D eigenvalue weighted by Crippen LogP contribution is 2.35. The van der Waals surface area contributed by atoms with Crippen LogP contribution in [0.1, 0.15) is 47.5 Å². The zero-order chi connectivity index (χ0) is 14.0. The SMILES string of the molecule is COCC1(C)CCN(C(=O)OC(C)(C)C)C(C)C1. The van der Waals surface area contributed by atoms with Crippen LogP contribution in [-0.4, -0.2) is 42.9 Å². The molecule has 1 heterocycles. The van der Waals surface area contributed by atoms with Gasteiger partial charge in [-0.05, 0) is 46.0 Å². The second-order valence-electron chi connectivity index (χ2n) is 6.72. The molecule has 0 bridgehead atoms. The molecular weight excluding hydrogens is 230 g/mol. The summed E-state index contributed by atoms with van der Waals surface area (Å²) >= 11 is 0. The first kappa shape index (κ1) is 15.3. The zero-order valence-corrected chi connectivity index (χ0v) is 12.6. The minimum atomic E-state index is -0.427. The van der Waals surface area contributed by atoms with Crippen LogP contribution in [-0.2, 0) is 9.47 Å². The maximum atomic E-state index is 12.1. The van der Waals surface area contributed by atoms with E-state index < -0.39 is 5.60 Å². The molecule has 1 aliphatic heterocycles. The molecular formula is C14H27NO3. The first-order chi connectivity index (χ1) is 8.17. The molecule has 18 heavy (non-hydrogen) atoms. The molecule has 1 saturated heterocycles. The lowest BCUT2D eigenvalue weighted by atomic mass is 9.78. The average molecular weight is 257 g/mol. The first-order valence-corrected chi connectivity index (χ1v) is 6.65. The Balaban J connectivity index is 2.60. The van der Waals surface area contributed by atoms with Crippen molar-refractivity contribution in [1.29, 1.82) is 0 Å². The van der Waals surface area contributed by atoms with Crippen LogP contribution in [0, 0.1) is 5.41 Å².